The van der Waals surface area contributed by atoms with Crippen molar-refractivity contribution < 1.29 is 28.4 Å². The number of amides is 5. The largest absolute Gasteiger partial charge is 0.371 e. The number of carbonyl (C=O) groups excluding carboxylic acids is 5. The summed E-state index contributed by atoms with van der Waals surface area (Å²) in [6, 6.07) is 17.8. The average molecular weight is 849 g/mol. The van der Waals surface area contributed by atoms with Crippen LogP contribution in [0.5, 0.6) is 0 Å². The van der Waals surface area contributed by atoms with Gasteiger partial charge in [0.2, 0.25) is 11.8 Å². The maximum absolute atomic E-state index is 15.5. The number of nitrogens with zero attached hydrogens (tertiary/aromatic N) is 7. The third kappa shape index (κ3) is 7.82. The predicted octanol–water partition coefficient (Wildman–Crippen LogP) is 5.31. The van der Waals surface area contributed by atoms with Gasteiger partial charge in [0.25, 0.3) is 17.7 Å². The Morgan fingerprint density at radius 3 is 2.18 bits per heavy atom. The number of rotatable bonds is 7. The molecule has 318 valence electrons. The van der Waals surface area contributed by atoms with Gasteiger partial charge in [0.05, 0.1) is 27.4 Å². The van der Waals surface area contributed by atoms with E-state index in [-0.39, 0.29) is 41.0 Å². The van der Waals surface area contributed by atoms with Crippen molar-refractivity contribution in [3.8, 4) is 6.07 Å². The molecule has 5 saturated heterocycles. The van der Waals surface area contributed by atoms with Crippen molar-refractivity contribution in [3.63, 3.8) is 0 Å². The van der Waals surface area contributed by atoms with Gasteiger partial charge in [-0.1, -0.05) is 11.6 Å². The van der Waals surface area contributed by atoms with Crippen molar-refractivity contribution in [2.24, 2.45) is 11.3 Å². The smallest absolute Gasteiger partial charge is 0.262 e. The Morgan fingerprint density at radius 1 is 0.852 bits per heavy atom. The van der Waals surface area contributed by atoms with Crippen molar-refractivity contribution in [3.05, 3.63) is 87.7 Å². The molecular formula is C46H50ClFN8O5. The average Bonchev–Trinajstić information content (AvgIpc) is 3.71. The maximum Gasteiger partial charge on any atom is 0.262 e. The zero-order valence-corrected chi connectivity index (χ0v) is 35.1. The number of imide groups is 2. The van der Waals surface area contributed by atoms with E-state index < -0.39 is 35.5 Å². The highest BCUT2D eigenvalue weighted by Gasteiger charge is 2.46. The molecule has 6 aliphatic rings. The molecule has 0 aliphatic carbocycles. The topological polar surface area (TPSA) is 141 Å². The molecule has 0 aromatic heterocycles. The van der Waals surface area contributed by atoms with E-state index in [2.05, 4.69) is 45.1 Å². The van der Waals surface area contributed by atoms with Crippen molar-refractivity contribution >= 4 is 58.2 Å². The van der Waals surface area contributed by atoms with Gasteiger partial charge in [-0.3, -0.25) is 39.1 Å². The zero-order chi connectivity index (χ0) is 42.6. The van der Waals surface area contributed by atoms with Crippen LogP contribution in [0.1, 0.15) is 88.5 Å². The molecule has 61 heavy (non-hydrogen) atoms. The number of anilines is 3. The molecule has 6 heterocycles. The lowest BCUT2D eigenvalue weighted by Gasteiger charge is -2.40. The summed E-state index contributed by atoms with van der Waals surface area (Å²) in [5, 5.41) is 12.0. The second kappa shape index (κ2) is 16.4. The molecule has 1 unspecified atom stereocenters. The first-order valence-corrected chi connectivity index (χ1v) is 21.9. The molecule has 3 aromatic carbocycles. The Labute approximate surface area is 360 Å². The number of nitriles is 1. The fourth-order valence-corrected chi connectivity index (χ4v) is 10.8. The summed E-state index contributed by atoms with van der Waals surface area (Å²) in [6.45, 7) is 9.99. The predicted molar refractivity (Wildman–Crippen MR) is 228 cm³/mol. The molecule has 2 atom stereocenters. The highest BCUT2D eigenvalue weighted by Crippen LogP contribution is 2.46. The summed E-state index contributed by atoms with van der Waals surface area (Å²) in [7, 11) is 0. The van der Waals surface area contributed by atoms with Crippen molar-refractivity contribution in [2.45, 2.75) is 64.0 Å². The van der Waals surface area contributed by atoms with Crippen LogP contribution in [0.15, 0.2) is 54.6 Å². The zero-order valence-electron chi connectivity index (χ0n) is 34.4. The minimum atomic E-state index is -1.10. The normalized spacial score (nSPS) is 23.5. The number of hydrogen-bond acceptors (Lipinski definition) is 10. The van der Waals surface area contributed by atoms with Crippen LogP contribution in [-0.2, 0) is 9.59 Å². The first-order chi connectivity index (χ1) is 29.4. The molecule has 5 fully saturated rings. The number of fused-ring (bicyclic) bond motifs is 1. The maximum atomic E-state index is 15.5. The van der Waals surface area contributed by atoms with Gasteiger partial charge in [-0.05, 0) is 111 Å². The lowest BCUT2D eigenvalue weighted by atomic mass is 9.76. The highest BCUT2D eigenvalue weighted by molar-refractivity contribution is 6.32. The molecule has 15 heteroatoms. The molecule has 1 N–H and O–H groups in total. The standard InChI is InChI=1S/C46H50ClFN8O5/c1-29-25-46(28-55(29)34-7-4-32(26-49)37(47)22-34)12-16-52(17-13-46)33-5-2-31(3-6-33)43(59)54-14-10-30(11-15-54)27-51-18-20-53(21-19-51)40-24-36-35(23-38(40)48)44(60)56(45(36)61)39-8-9-41(57)50-42(39)58/h2-7,22-24,29-30,39H,8-21,25,27-28H2,1H3,(H,50,57,58)/t29-,39?/m0/s1. The van der Waals surface area contributed by atoms with Crippen LogP contribution in [-0.4, -0.2) is 122 Å². The monoisotopic (exact) mass is 848 g/mol. The lowest BCUT2D eigenvalue weighted by molar-refractivity contribution is -0.136. The van der Waals surface area contributed by atoms with Crippen LogP contribution in [0.4, 0.5) is 21.5 Å². The SMILES string of the molecule is C[C@H]1CC2(CCN(c3ccc(C(=O)N4CCC(CN5CCN(c6cc7c(cc6F)C(=O)N(C6CCC(=O)NC6=O)C7=O)CC5)CC4)cc3)CC2)CN1c1ccc(C#N)c(Cl)c1. The van der Waals surface area contributed by atoms with E-state index in [4.69, 9.17) is 11.6 Å². The quantitative estimate of drug-likeness (QED) is 0.311. The van der Waals surface area contributed by atoms with Gasteiger partial charge in [0, 0.05) is 94.8 Å². The van der Waals surface area contributed by atoms with Gasteiger partial charge in [-0.15, -0.1) is 0 Å². The molecule has 3 aromatic rings. The van der Waals surface area contributed by atoms with Gasteiger partial charge in [0.1, 0.15) is 17.9 Å². The summed E-state index contributed by atoms with van der Waals surface area (Å²) in [5.74, 6) is -2.61. The van der Waals surface area contributed by atoms with Gasteiger partial charge >= 0.3 is 0 Å². The van der Waals surface area contributed by atoms with Crippen LogP contribution >= 0.6 is 11.6 Å². The van der Waals surface area contributed by atoms with Gasteiger partial charge in [-0.2, -0.15) is 5.26 Å². The van der Waals surface area contributed by atoms with Crippen molar-refractivity contribution in [1.82, 2.24) is 20.0 Å². The Balaban J connectivity index is 0.725. The highest BCUT2D eigenvalue weighted by atomic mass is 35.5. The van der Waals surface area contributed by atoms with Crippen LogP contribution in [0.25, 0.3) is 0 Å². The number of halogens is 2. The molecule has 1 spiro atoms. The fraction of sp³-hybridized carbons (Fsp3) is 0.478. The van der Waals surface area contributed by atoms with Crippen LogP contribution in [0, 0.1) is 28.5 Å². The van der Waals surface area contributed by atoms with E-state index in [9.17, 15) is 29.2 Å². The molecule has 0 radical (unpaired) electrons. The molecule has 9 rings (SSSR count). The second-order valence-corrected chi connectivity index (χ2v) is 18.2. The number of nitrogens with one attached hydrogen (secondary N) is 1. The number of piperidine rings is 3. The van der Waals surface area contributed by atoms with E-state index >= 15 is 4.39 Å². The third-order valence-corrected chi connectivity index (χ3v) is 14.4. The van der Waals surface area contributed by atoms with E-state index in [0.29, 0.717) is 67.4 Å². The first-order valence-electron chi connectivity index (χ1n) is 21.5. The number of hydrogen-bond donors (Lipinski definition) is 1. The summed E-state index contributed by atoms with van der Waals surface area (Å²) < 4.78 is 15.5. The Hall–Kier alpha value is -5.52. The summed E-state index contributed by atoms with van der Waals surface area (Å²) >= 11 is 6.38. The molecule has 6 aliphatic heterocycles. The van der Waals surface area contributed by atoms with Crippen molar-refractivity contribution in [2.75, 3.05) is 80.1 Å². The van der Waals surface area contributed by atoms with E-state index in [1.165, 1.54) is 6.07 Å². The van der Waals surface area contributed by atoms with E-state index in [1.54, 1.807) is 0 Å². The number of piperazine rings is 1. The summed E-state index contributed by atoms with van der Waals surface area (Å²) in [5.41, 5.74) is 3.94. The Kier molecular flexibility index (Phi) is 11.0. The van der Waals surface area contributed by atoms with Gasteiger partial charge in [-0.25, -0.2) is 4.39 Å². The lowest BCUT2D eigenvalue weighted by Crippen LogP contribution is -2.54. The number of carbonyl (C=O) groups is 5. The number of likely N-dealkylation sites (tertiary alicyclic amines) is 1. The minimum absolute atomic E-state index is 0.0160. The van der Waals surface area contributed by atoms with E-state index in [0.717, 1.165) is 80.6 Å². The van der Waals surface area contributed by atoms with Gasteiger partial charge in [0.15, 0.2) is 0 Å². The molecule has 13 nitrogen and oxygen atoms in total. The van der Waals surface area contributed by atoms with Crippen molar-refractivity contribution in [1.29, 1.82) is 5.26 Å². The second-order valence-electron chi connectivity index (χ2n) is 17.8. The molecule has 0 saturated carbocycles. The van der Waals surface area contributed by atoms with Gasteiger partial charge < -0.3 is 19.6 Å². The number of benzene rings is 3. The fourth-order valence-electron chi connectivity index (χ4n) is 10.6. The molecule has 0 bridgehead atoms. The van der Waals surface area contributed by atoms with E-state index in [1.807, 2.05) is 40.1 Å². The molecule has 5 amide bonds. The Morgan fingerprint density at radius 2 is 1.52 bits per heavy atom. The van der Waals surface area contributed by atoms with Crippen LogP contribution in [0.3, 0.4) is 0 Å². The third-order valence-electron chi connectivity index (χ3n) is 14.1. The molecular weight excluding hydrogens is 799 g/mol. The summed E-state index contributed by atoms with van der Waals surface area (Å²) in [6.07, 6.45) is 5.19. The first kappa shape index (κ1) is 40.9. The van der Waals surface area contributed by atoms with Crippen LogP contribution in [0.2, 0.25) is 5.02 Å². The Bertz CT molecular complexity index is 2310. The van der Waals surface area contributed by atoms with Crippen LogP contribution < -0.4 is 20.0 Å². The summed E-state index contributed by atoms with van der Waals surface area (Å²) in [4.78, 5) is 76.1. The minimum Gasteiger partial charge on any atom is -0.371 e.